The van der Waals surface area contributed by atoms with Crippen LogP contribution in [0.3, 0.4) is 0 Å². The maximum Gasteiger partial charge on any atom is 0.434 e. The first-order valence-electron chi connectivity index (χ1n) is 6.62. The molecule has 136 valence electrons. The van der Waals surface area contributed by atoms with E-state index < -0.39 is 40.8 Å². The lowest BCUT2D eigenvalue weighted by Gasteiger charge is -2.16. The van der Waals surface area contributed by atoms with E-state index in [1.165, 1.54) is 0 Å². The van der Waals surface area contributed by atoms with Gasteiger partial charge in [-0.15, -0.1) is 0 Å². The third-order valence-corrected chi connectivity index (χ3v) is 3.25. The zero-order chi connectivity index (χ0) is 19.0. The van der Waals surface area contributed by atoms with Gasteiger partial charge in [-0.05, 0) is 18.2 Å². The highest BCUT2D eigenvalue weighted by molar-refractivity contribution is 5.94. The number of aromatic nitrogens is 2. The number of alkyl halides is 6. The van der Waals surface area contributed by atoms with E-state index in [0.29, 0.717) is 23.4 Å². The first-order chi connectivity index (χ1) is 11.5. The largest absolute Gasteiger partial charge is 0.434 e. The molecule has 0 saturated heterocycles. The highest BCUT2D eigenvalue weighted by Crippen LogP contribution is 2.35. The minimum Gasteiger partial charge on any atom is -0.274 e. The molecular formula is C14H11F6N3O2. The molecule has 11 heteroatoms. The highest BCUT2D eigenvalue weighted by Gasteiger charge is 2.41. The second-order valence-electron chi connectivity index (χ2n) is 4.85. The normalized spacial score (nSPS) is 12.3. The summed E-state index contributed by atoms with van der Waals surface area (Å²) >= 11 is 0. The molecule has 0 N–H and O–H groups in total. The smallest absolute Gasteiger partial charge is 0.274 e. The molecule has 1 aromatic heterocycles. The second kappa shape index (κ2) is 6.39. The molecule has 0 bridgehead atoms. The lowest BCUT2D eigenvalue weighted by molar-refractivity contribution is -0.143. The van der Waals surface area contributed by atoms with Crippen LogP contribution in [0.2, 0.25) is 0 Å². The summed E-state index contributed by atoms with van der Waals surface area (Å²) in [6.45, 7) is 0. The zero-order valence-electron chi connectivity index (χ0n) is 12.8. The first-order valence-corrected chi connectivity index (χ1v) is 6.62. The van der Waals surface area contributed by atoms with E-state index in [4.69, 9.17) is 0 Å². The van der Waals surface area contributed by atoms with Crippen LogP contribution >= 0.6 is 0 Å². The third-order valence-electron chi connectivity index (χ3n) is 3.25. The Morgan fingerprint density at radius 3 is 2.32 bits per heavy atom. The van der Waals surface area contributed by atoms with Crippen LogP contribution in [0, 0.1) is 0 Å². The number of carbonyl (C=O) groups is 1. The van der Waals surface area contributed by atoms with Gasteiger partial charge in [0.25, 0.3) is 5.91 Å². The molecule has 0 spiro atoms. The quantitative estimate of drug-likeness (QED) is 0.616. The number of nitrogens with zero attached hydrogens (tertiary/aromatic N) is 3. The number of hydrogen-bond donors (Lipinski definition) is 0. The van der Waals surface area contributed by atoms with Gasteiger partial charge in [-0.25, -0.2) is 9.75 Å². The Morgan fingerprint density at radius 2 is 1.80 bits per heavy atom. The van der Waals surface area contributed by atoms with Gasteiger partial charge < -0.3 is 0 Å². The van der Waals surface area contributed by atoms with Gasteiger partial charge >= 0.3 is 12.4 Å². The van der Waals surface area contributed by atoms with Crippen molar-refractivity contribution in [2.24, 2.45) is 0 Å². The molecule has 1 heterocycles. The standard InChI is InChI=1S/C14H11F6N3O2/c1-22(25-2)12(24)10-7-21-23(11(10)14(18,19)20)9-5-3-4-8(6-9)13(15,16)17/h3-7H,1-2H3. The predicted molar refractivity (Wildman–Crippen MR) is 72.7 cm³/mol. The molecule has 0 fully saturated rings. The van der Waals surface area contributed by atoms with Crippen LogP contribution in [-0.4, -0.2) is 34.9 Å². The second-order valence-corrected chi connectivity index (χ2v) is 4.85. The molecule has 0 atom stereocenters. The van der Waals surface area contributed by atoms with E-state index in [2.05, 4.69) is 9.94 Å². The minimum absolute atomic E-state index is 0.242. The Labute approximate surface area is 137 Å². The molecule has 0 saturated carbocycles. The van der Waals surface area contributed by atoms with Gasteiger partial charge in [0.1, 0.15) is 0 Å². The summed E-state index contributed by atoms with van der Waals surface area (Å²) in [4.78, 5) is 16.5. The molecule has 0 radical (unpaired) electrons. The van der Waals surface area contributed by atoms with Crippen molar-refractivity contribution in [2.75, 3.05) is 14.2 Å². The monoisotopic (exact) mass is 367 g/mol. The Kier molecular flexibility index (Phi) is 4.80. The number of rotatable bonds is 3. The third kappa shape index (κ3) is 3.76. The molecule has 0 unspecified atom stereocenters. The zero-order valence-corrected chi connectivity index (χ0v) is 12.8. The Morgan fingerprint density at radius 1 is 1.16 bits per heavy atom. The number of hydrogen-bond acceptors (Lipinski definition) is 3. The molecular weight excluding hydrogens is 356 g/mol. The van der Waals surface area contributed by atoms with Crippen molar-refractivity contribution in [3.05, 3.63) is 47.3 Å². The summed E-state index contributed by atoms with van der Waals surface area (Å²) in [6.07, 6.45) is -9.15. The lowest BCUT2D eigenvalue weighted by Crippen LogP contribution is -2.28. The van der Waals surface area contributed by atoms with E-state index in [1.54, 1.807) is 0 Å². The molecule has 0 aliphatic heterocycles. The van der Waals surface area contributed by atoms with Crippen LogP contribution < -0.4 is 0 Å². The van der Waals surface area contributed by atoms with Gasteiger partial charge in [0.2, 0.25) is 0 Å². The number of hydroxylamine groups is 2. The van der Waals surface area contributed by atoms with E-state index in [-0.39, 0.29) is 4.68 Å². The lowest BCUT2D eigenvalue weighted by atomic mass is 10.1. The summed E-state index contributed by atoms with van der Waals surface area (Å²) in [5.74, 6) is -1.15. The Bertz CT molecular complexity index is 782. The van der Waals surface area contributed by atoms with Gasteiger partial charge in [0, 0.05) is 7.05 Å². The number of benzene rings is 1. The Hall–Kier alpha value is -2.56. The average molecular weight is 367 g/mol. The number of carbonyl (C=O) groups excluding carboxylic acids is 1. The van der Waals surface area contributed by atoms with Gasteiger partial charge in [-0.1, -0.05) is 6.07 Å². The van der Waals surface area contributed by atoms with Crippen LogP contribution in [0.15, 0.2) is 30.5 Å². The summed E-state index contributed by atoms with van der Waals surface area (Å²) in [7, 11) is 2.16. The van der Waals surface area contributed by atoms with Gasteiger partial charge in [-0.3, -0.25) is 9.63 Å². The molecule has 2 aromatic rings. The van der Waals surface area contributed by atoms with Crippen LogP contribution in [0.5, 0.6) is 0 Å². The van der Waals surface area contributed by atoms with E-state index >= 15 is 0 Å². The maximum atomic E-state index is 13.4. The van der Waals surface area contributed by atoms with Gasteiger partial charge in [0.05, 0.1) is 30.1 Å². The fraction of sp³-hybridized carbons (Fsp3) is 0.286. The van der Waals surface area contributed by atoms with Gasteiger partial charge in [0.15, 0.2) is 5.69 Å². The van der Waals surface area contributed by atoms with E-state index in [1.807, 2.05) is 0 Å². The fourth-order valence-electron chi connectivity index (χ4n) is 2.04. The summed E-state index contributed by atoms with van der Waals surface area (Å²) in [5, 5.41) is 3.98. The molecule has 1 aromatic carbocycles. The number of halogens is 6. The molecule has 5 nitrogen and oxygen atoms in total. The van der Waals surface area contributed by atoms with Crippen molar-refractivity contribution in [1.29, 1.82) is 0 Å². The van der Waals surface area contributed by atoms with Crippen molar-refractivity contribution in [2.45, 2.75) is 12.4 Å². The molecule has 0 aliphatic carbocycles. The van der Waals surface area contributed by atoms with Crippen molar-refractivity contribution in [1.82, 2.24) is 14.8 Å². The minimum atomic E-state index is -5.04. The van der Waals surface area contributed by atoms with Crippen LogP contribution in [0.25, 0.3) is 5.69 Å². The van der Waals surface area contributed by atoms with E-state index in [0.717, 1.165) is 26.3 Å². The van der Waals surface area contributed by atoms with Crippen molar-refractivity contribution < 1.29 is 36.0 Å². The van der Waals surface area contributed by atoms with Crippen LogP contribution in [0.4, 0.5) is 26.3 Å². The molecule has 1 amide bonds. The Balaban J connectivity index is 2.64. The van der Waals surface area contributed by atoms with E-state index in [9.17, 15) is 31.1 Å². The molecule has 0 aliphatic rings. The van der Waals surface area contributed by atoms with Crippen molar-refractivity contribution in [3.8, 4) is 5.69 Å². The molecule has 2 rings (SSSR count). The summed E-state index contributed by atoms with van der Waals surface area (Å²) in [6, 6.07) is 3.19. The predicted octanol–water partition coefficient (Wildman–Crippen LogP) is 3.54. The summed E-state index contributed by atoms with van der Waals surface area (Å²) < 4.78 is 78.8. The van der Waals surface area contributed by atoms with Crippen molar-refractivity contribution in [3.63, 3.8) is 0 Å². The average Bonchev–Trinajstić information content (AvgIpc) is 2.98. The SMILES string of the molecule is CON(C)C(=O)c1cnn(-c2cccc(C(F)(F)F)c2)c1C(F)(F)F. The fourth-order valence-corrected chi connectivity index (χ4v) is 2.04. The number of amides is 1. The first kappa shape index (κ1) is 18.8. The topological polar surface area (TPSA) is 47.4 Å². The maximum absolute atomic E-state index is 13.4. The highest BCUT2D eigenvalue weighted by atomic mass is 19.4. The van der Waals surface area contributed by atoms with Crippen LogP contribution in [0.1, 0.15) is 21.6 Å². The van der Waals surface area contributed by atoms with Gasteiger partial charge in [-0.2, -0.15) is 31.4 Å². The van der Waals surface area contributed by atoms with Crippen molar-refractivity contribution >= 4 is 5.91 Å². The van der Waals surface area contributed by atoms with Crippen LogP contribution in [-0.2, 0) is 17.2 Å². The summed E-state index contributed by atoms with van der Waals surface area (Å²) in [5.41, 5.74) is -3.98. The molecule has 25 heavy (non-hydrogen) atoms.